The summed E-state index contributed by atoms with van der Waals surface area (Å²) in [5, 5.41) is 0.705. The van der Waals surface area contributed by atoms with Gasteiger partial charge in [-0.1, -0.05) is 30.1 Å². The van der Waals surface area contributed by atoms with Crippen LogP contribution in [-0.2, 0) is 6.42 Å². The average molecular weight is 271 g/mol. The Hall–Kier alpha value is -1.19. The van der Waals surface area contributed by atoms with Crippen molar-refractivity contribution < 1.29 is 4.39 Å². The number of halogens is 3. The lowest BCUT2D eigenvalue weighted by Crippen LogP contribution is -1.97. The summed E-state index contributed by atoms with van der Waals surface area (Å²) in [6, 6.07) is 4.47. The maximum absolute atomic E-state index is 13.8. The first-order valence-corrected chi connectivity index (χ1v) is 5.84. The number of nitrogens with zero attached hydrogens (tertiary/aromatic N) is 2. The van der Waals surface area contributed by atoms with Gasteiger partial charge in [0.05, 0.1) is 5.69 Å². The standard InChI is InChI=1S/C12H9Cl2FN2/c1-2-8-11(16-6-17-12(8)14)9-4-3-7(13)5-10(9)15/h3-6H,2H2,1H3. The Morgan fingerprint density at radius 1 is 1.24 bits per heavy atom. The van der Waals surface area contributed by atoms with Crippen molar-refractivity contribution in [3.05, 3.63) is 46.1 Å². The zero-order valence-corrected chi connectivity index (χ0v) is 10.6. The Balaban J connectivity index is 2.64. The van der Waals surface area contributed by atoms with Crippen LogP contribution in [0.25, 0.3) is 11.3 Å². The molecule has 88 valence electrons. The van der Waals surface area contributed by atoms with Gasteiger partial charge in [0.25, 0.3) is 0 Å². The first kappa shape index (κ1) is 12.3. The number of hydrogen-bond donors (Lipinski definition) is 0. The molecular formula is C12H9Cl2FN2. The summed E-state index contributed by atoms with van der Waals surface area (Å²) in [6.45, 7) is 1.92. The van der Waals surface area contributed by atoms with E-state index >= 15 is 0 Å². The van der Waals surface area contributed by atoms with Crippen LogP contribution in [0.2, 0.25) is 10.2 Å². The fourth-order valence-corrected chi connectivity index (χ4v) is 2.04. The molecule has 0 unspecified atom stereocenters. The van der Waals surface area contributed by atoms with E-state index in [1.165, 1.54) is 12.4 Å². The van der Waals surface area contributed by atoms with Crippen molar-refractivity contribution in [1.82, 2.24) is 9.97 Å². The smallest absolute Gasteiger partial charge is 0.136 e. The predicted molar refractivity (Wildman–Crippen MR) is 66.8 cm³/mol. The van der Waals surface area contributed by atoms with Crippen molar-refractivity contribution in [2.75, 3.05) is 0 Å². The van der Waals surface area contributed by atoms with E-state index in [2.05, 4.69) is 9.97 Å². The molecular weight excluding hydrogens is 262 g/mol. The highest BCUT2D eigenvalue weighted by molar-refractivity contribution is 6.31. The molecule has 1 aromatic heterocycles. The van der Waals surface area contributed by atoms with E-state index in [-0.39, 0.29) is 0 Å². The minimum absolute atomic E-state index is 0.351. The average Bonchev–Trinajstić information content (AvgIpc) is 2.29. The summed E-state index contributed by atoms with van der Waals surface area (Å²) in [6.07, 6.45) is 1.96. The topological polar surface area (TPSA) is 25.8 Å². The Kier molecular flexibility index (Phi) is 3.60. The summed E-state index contributed by atoms with van der Waals surface area (Å²) in [5.41, 5.74) is 1.63. The lowest BCUT2D eigenvalue weighted by atomic mass is 10.1. The van der Waals surface area contributed by atoms with Crippen LogP contribution in [0.4, 0.5) is 4.39 Å². The molecule has 2 rings (SSSR count). The molecule has 0 saturated carbocycles. The Bertz CT molecular complexity index is 558. The third-order valence-electron chi connectivity index (χ3n) is 2.43. The van der Waals surface area contributed by atoms with E-state index in [1.807, 2.05) is 6.92 Å². The first-order valence-electron chi connectivity index (χ1n) is 5.08. The second kappa shape index (κ2) is 4.98. The highest BCUT2D eigenvalue weighted by Crippen LogP contribution is 2.29. The zero-order valence-electron chi connectivity index (χ0n) is 9.04. The van der Waals surface area contributed by atoms with Gasteiger partial charge in [0.15, 0.2) is 0 Å². The molecule has 0 amide bonds. The van der Waals surface area contributed by atoms with Gasteiger partial charge in [-0.25, -0.2) is 14.4 Å². The molecule has 0 fully saturated rings. The van der Waals surface area contributed by atoms with Crippen LogP contribution < -0.4 is 0 Å². The van der Waals surface area contributed by atoms with Gasteiger partial charge in [0.2, 0.25) is 0 Å². The second-order valence-electron chi connectivity index (χ2n) is 3.47. The Labute approximate surface area is 108 Å². The molecule has 1 aromatic carbocycles. The van der Waals surface area contributed by atoms with Crippen LogP contribution in [0.15, 0.2) is 24.5 Å². The molecule has 0 bridgehead atoms. The second-order valence-corrected chi connectivity index (χ2v) is 4.26. The largest absolute Gasteiger partial charge is 0.236 e. The number of hydrogen-bond acceptors (Lipinski definition) is 2. The molecule has 1 heterocycles. The van der Waals surface area contributed by atoms with E-state index < -0.39 is 5.82 Å². The molecule has 17 heavy (non-hydrogen) atoms. The van der Waals surface area contributed by atoms with Crippen LogP contribution in [0.5, 0.6) is 0 Å². The molecule has 0 saturated heterocycles. The van der Waals surface area contributed by atoms with Gasteiger partial charge in [-0.2, -0.15) is 0 Å². The fraction of sp³-hybridized carbons (Fsp3) is 0.167. The number of benzene rings is 1. The molecule has 0 radical (unpaired) electrons. The maximum Gasteiger partial charge on any atom is 0.136 e. The predicted octanol–water partition coefficient (Wildman–Crippen LogP) is 4.15. The van der Waals surface area contributed by atoms with Crippen LogP contribution in [-0.4, -0.2) is 9.97 Å². The summed E-state index contributed by atoms with van der Waals surface area (Å²) in [4.78, 5) is 7.98. The van der Waals surface area contributed by atoms with E-state index in [0.717, 1.165) is 5.56 Å². The highest BCUT2D eigenvalue weighted by Gasteiger charge is 2.13. The van der Waals surface area contributed by atoms with E-state index in [0.29, 0.717) is 27.9 Å². The summed E-state index contributed by atoms with van der Waals surface area (Å²) in [5.74, 6) is -0.415. The molecule has 0 aliphatic heterocycles. The molecule has 5 heteroatoms. The first-order chi connectivity index (χ1) is 8.13. The molecule has 0 atom stereocenters. The molecule has 0 N–H and O–H groups in total. The van der Waals surface area contributed by atoms with Gasteiger partial charge in [-0.3, -0.25) is 0 Å². The Morgan fingerprint density at radius 2 is 2.00 bits per heavy atom. The van der Waals surface area contributed by atoms with Crippen molar-refractivity contribution in [3.8, 4) is 11.3 Å². The monoisotopic (exact) mass is 270 g/mol. The summed E-state index contributed by atoms with van der Waals surface area (Å²) in [7, 11) is 0. The van der Waals surface area contributed by atoms with Crippen LogP contribution >= 0.6 is 23.2 Å². The van der Waals surface area contributed by atoms with Gasteiger partial charge < -0.3 is 0 Å². The molecule has 0 spiro atoms. The lowest BCUT2D eigenvalue weighted by Gasteiger charge is -2.08. The van der Waals surface area contributed by atoms with Crippen molar-refractivity contribution in [2.45, 2.75) is 13.3 Å². The number of rotatable bonds is 2. The van der Waals surface area contributed by atoms with E-state index in [1.54, 1.807) is 12.1 Å². The van der Waals surface area contributed by atoms with E-state index in [9.17, 15) is 4.39 Å². The lowest BCUT2D eigenvalue weighted by molar-refractivity contribution is 0.630. The van der Waals surface area contributed by atoms with Gasteiger partial charge in [-0.05, 0) is 24.6 Å². The van der Waals surface area contributed by atoms with Crippen molar-refractivity contribution in [2.24, 2.45) is 0 Å². The molecule has 0 aliphatic carbocycles. The van der Waals surface area contributed by atoms with E-state index in [4.69, 9.17) is 23.2 Å². The normalized spacial score (nSPS) is 10.6. The van der Waals surface area contributed by atoms with Gasteiger partial charge >= 0.3 is 0 Å². The summed E-state index contributed by atoms with van der Waals surface area (Å²) < 4.78 is 13.8. The van der Waals surface area contributed by atoms with Crippen molar-refractivity contribution in [3.63, 3.8) is 0 Å². The Morgan fingerprint density at radius 3 is 2.65 bits per heavy atom. The van der Waals surface area contributed by atoms with Crippen molar-refractivity contribution in [1.29, 1.82) is 0 Å². The highest BCUT2D eigenvalue weighted by atomic mass is 35.5. The van der Waals surface area contributed by atoms with Gasteiger partial charge in [0.1, 0.15) is 17.3 Å². The zero-order chi connectivity index (χ0) is 12.4. The van der Waals surface area contributed by atoms with Gasteiger partial charge in [-0.15, -0.1) is 0 Å². The number of aromatic nitrogens is 2. The van der Waals surface area contributed by atoms with Crippen LogP contribution in [0.1, 0.15) is 12.5 Å². The van der Waals surface area contributed by atoms with Crippen LogP contribution in [0.3, 0.4) is 0 Å². The minimum atomic E-state index is -0.415. The molecule has 2 aromatic rings. The SMILES string of the molecule is CCc1c(Cl)ncnc1-c1ccc(Cl)cc1F. The van der Waals surface area contributed by atoms with Crippen molar-refractivity contribution >= 4 is 23.2 Å². The maximum atomic E-state index is 13.8. The van der Waals surface area contributed by atoms with Gasteiger partial charge in [0, 0.05) is 16.1 Å². The third kappa shape index (κ3) is 2.40. The molecule has 2 nitrogen and oxygen atoms in total. The molecule has 0 aliphatic rings. The quantitative estimate of drug-likeness (QED) is 0.767. The minimum Gasteiger partial charge on any atom is -0.236 e. The van der Waals surface area contributed by atoms with Crippen LogP contribution in [0, 0.1) is 5.82 Å². The summed E-state index contributed by atoms with van der Waals surface area (Å²) >= 11 is 11.7. The fourth-order valence-electron chi connectivity index (χ4n) is 1.62. The third-order valence-corrected chi connectivity index (χ3v) is 2.99.